The number of nitrogens with one attached hydrogen (secondary N) is 2. The van der Waals surface area contributed by atoms with Gasteiger partial charge in [-0.3, -0.25) is 19.8 Å². The molecule has 2 aromatic carbocycles. The van der Waals surface area contributed by atoms with Crippen molar-refractivity contribution in [2.24, 2.45) is 22.6 Å². The summed E-state index contributed by atoms with van der Waals surface area (Å²) >= 11 is 6.45. The first kappa shape index (κ1) is 30.4. The molecule has 212 valence electrons. The molecule has 0 bridgehead atoms. The van der Waals surface area contributed by atoms with Crippen molar-refractivity contribution in [1.29, 1.82) is 5.41 Å². The van der Waals surface area contributed by atoms with E-state index < -0.39 is 40.7 Å². The summed E-state index contributed by atoms with van der Waals surface area (Å²) in [4.78, 5) is 36.6. The number of amides is 3. The molecule has 0 heterocycles. The van der Waals surface area contributed by atoms with Crippen molar-refractivity contribution in [2.45, 2.75) is 25.6 Å². The van der Waals surface area contributed by atoms with Crippen molar-refractivity contribution in [3.05, 3.63) is 88.1 Å². The lowest BCUT2D eigenvalue weighted by Crippen LogP contribution is -2.41. The molecule has 2 unspecified atom stereocenters. The second-order valence-corrected chi connectivity index (χ2v) is 11.4. The lowest BCUT2D eigenvalue weighted by atomic mass is 9.81. The first-order valence-electron chi connectivity index (χ1n) is 12.2. The van der Waals surface area contributed by atoms with Gasteiger partial charge in [0.2, 0.25) is 11.8 Å². The Morgan fingerprint density at radius 3 is 2.45 bits per heavy atom. The van der Waals surface area contributed by atoms with E-state index in [1.807, 2.05) is 30.3 Å². The van der Waals surface area contributed by atoms with Crippen LogP contribution in [0.25, 0.3) is 0 Å². The summed E-state index contributed by atoms with van der Waals surface area (Å²) in [7, 11) is -2.12. The zero-order valence-corrected chi connectivity index (χ0v) is 23.5. The van der Waals surface area contributed by atoms with Crippen LogP contribution in [-0.2, 0) is 41.9 Å². The second kappa shape index (κ2) is 13.3. The number of nitrogen functional groups attached to an aromatic ring is 1. The first-order valence-corrected chi connectivity index (χ1v) is 14.0. The molecule has 3 amide bonds. The van der Waals surface area contributed by atoms with Gasteiger partial charge in [0.1, 0.15) is 18.1 Å². The smallest absolute Gasteiger partial charge is 0.255 e. The van der Waals surface area contributed by atoms with Crippen LogP contribution in [0.1, 0.15) is 30.0 Å². The molecule has 0 aliphatic heterocycles. The summed E-state index contributed by atoms with van der Waals surface area (Å²) in [6, 6.07) is 13.8. The summed E-state index contributed by atoms with van der Waals surface area (Å²) < 4.78 is 20.2. The lowest BCUT2D eigenvalue weighted by molar-refractivity contribution is -0.128. The maximum atomic E-state index is 13.4. The highest BCUT2D eigenvalue weighted by molar-refractivity contribution is 7.81. The Bertz CT molecular complexity index is 1400. The summed E-state index contributed by atoms with van der Waals surface area (Å²) in [6.07, 6.45) is 3.37. The van der Waals surface area contributed by atoms with E-state index in [9.17, 15) is 18.6 Å². The SMILES string of the molecule is CC1(C(=O)NCc2ccc(C(=N)N)cc2OCC(N)=O)C=C(N(CC(N)=O)[SH+](=O)Cc2ccccc2)C=C(Cl)C1. The van der Waals surface area contributed by atoms with E-state index in [1.54, 1.807) is 31.2 Å². The van der Waals surface area contributed by atoms with Crippen LogP contribution < -0.4 is 27.3 Å². The van der Waals surface area contributed by atoms with Crippen LogP contribution in [0.15, 0.2) is 71.4 Å². The molecule has 3 rings (SSSR count). The van der Waals surface area contributed by atoms with Crippen LogP contribution in [0.4, 0.5) is 0 Å². The number of thiol groups is 1. The molecular formula is C27H32ClN6O5S+. The molecular weight excluding hydrogens is 556 g/mol. The number of hydrogen-bond donors (Lipinski definition) is 5. The number of allylic oxidation sites excluding steroid dienone is 2. The molecule has 0 saturated carbocycles. The van der Waals surface area contributed by atoms with E-state index >= 15 is 0 Å². The number of benzene rings is 2. The molecule has 0 fully saturated rings. The number of amidine groups is 1. The predicted molar refractivity (Wildman–Crippen MR) is 154 cm³/mol. The monoisotopic (exact) mass is 587 g/mol. The molecule has 11 nitrogen and oxygen atoms in total. The van der Waals surface area contributed by atoms with Crippen molar-refractivity contribution < 1.29 is 23.3 Å². The lowest BCUT2D eigenvalue weighted by Gasteiger charge is -2.31. The first-order chi connectivity index (χ1) is 18.9. The topological polar surface area (TPSA) is 195 Å². The van der Waals surface area contributed by atoms with E-state index in [-0.39, 0.29) is 36.8 Å². The van der Waals surface area contributed by atoms with Gasteiger partial charge >= 0.3 is 0 Å². The van der Waals surface area contributed by atoms with Gasteiger partial charge in [-0.1, -0.05) is 58.3 Å². The minimum Gasteiger partial charge on any atom is -0.483 e. The van der Waals surface area contributed by atoms with Gasteiger partial charge < -0.3 is 27.3 Å². The number of rotatable bonds is 13. The van der Waals surface area contributed by atoms with Gasteiger partial charge in [-0.15, -0.1) is 0 Å². The number of ether oxygens (including phenoxy) is 1. The van der Waals surface area contributed by atoms with Gasteiger partial charge in [0.05, 0.1) is 11.1 Å². The fourth-order valence-electron chi connectivity index (χ4n) is 4.08. The molecule has 1 aliphatic rings. The van der Waals surface area contributed by atoms with E-state index in [2.05, 4.69) is 5.32 Å². The average Bonchev–Trinajstić information content (AvgIpc) is 2.89. The van der Waals surface area contributed by atoms with Gasteiger partial charge in [-0.2, -0.15) is 4.31 Å². The molecule has 1 aliphatic carbocycles. The summed E-state index contributed by atoms with van der Waals surface area (Å²) in [5, 5.41) is 10.8. The predicted octanol–water partition coefficient (Wildman–Crippen LogP) is 1.47. The Balaban J connectivity index is 1.84. The molecule has 0 spiro atoms. The molecule has 2 atom stereocenters. The minimum atomic E-state index is -2.12. The van der Waals surface area contributed by atoms with Gasteiger partial charge in [0.25, 0.3) is 5.91 Å². The maximum absolute atomic E-state index is 13.4. The molecule has 40 heavy (non-hydrogen) atoms. The quantitative estimate of drug-likeness (QED) is 0.102. The maximum Gasteiger partial charge on any atom is 0.255 e. The normalized spacial score (nSPS) is 17.1. The molecule has 13 heteroatoms. The average molecular weight is 588 g/mol. The number of nitrogens with zero attached hydrogens (tertiary/aromatic N) is 1. The van der Waals surface area contributed by atoms with E-state index in [1.165, 1.54) is 10.4 Å². The van der Waals surface area contributed by atoms with Gasteiger partial charge in [-0.25, -0.2) is 0 Å². The Morgan fingerprint density at radius 2 is 1.82 bits per heavy atom. The van der Waals surface area contributed by atoms with Crippen molar-refractivity contribution >= 4 is 46.1 Å². The van der Waals surface area contributed by atoms with E-state index in [0.717, 1.165) is 5.56 Å². The molecule has 8 N–H and O–H groups in total. The zero-order chi connectivity index (χ0) is 29.4. The number of hydrogen-bond acceptors (Lipinski definition) is 6. The van der Waals surface area contributed by atoms with Gasteiger partial charge in [-0.05, 0) is 25.1 Å². The standard InChI is InChI=1S/C27H31ClN6O5S/c1-27(26(37)33-13-19-8-7-18(25(31)32)9-22(19)39-15-24(30)36)11-20(28)10-21(12-27)34(14-23(29)35)40(38)16-17-5-3-2-4-6-17/h2-10,12H,11,13-16H2,1H3,(H2,29,35)(H2,30,36)(H3,31,32)(H,33,37)/p+1. The summed E-state index contributed by atoms with van der Waals surface area (Å²) in [5.41, 5.74) is 17.1. The Hall–Kier alpha value is -4.16. The van der Waals surface area contributed by atoms with Crippen LogP contribution in [0.5, 0.6) is 5.75 Å². The highest BCUT2D eigenvalue weighted by atomic mass is 35.5. The number of halogens is 1. The number of carbonyl (C=O) groups excluding carboxylic acids is 3. The number of primary amides is 2. The van der Waals surface area contributed by atoms with Gasteiger partial charge in [0.15, 0.2) is 23.3 Å². The Kier molecular flexibility index (Phi) is 10.1. The Morgan fingerprint density at radius 1 is 1.12 bits per heavy atom. The Labute approximate surface area is 239 Å². The fourth-order valence-corrected chi connectivity index (χ4v) is 5.83. The van der Waals surface area contributed by atoms with Crippen LogP contribution >= 0.6 is 11.6 Å². The molecule has 0 radical (unpaired) electrons. The third-order valence-electron chi connectivity index (χ3n) is 6.05. The van der Waals surface area contributed by atoms with E-state index in [4.69, 9.17) is 38.9 Å². The van der Waals surface area contributed by atoms with Crippen molar-refractivity contribution in [1.82, 2.24) is 9.62 Å². The highest BCUT2D eigenvalue weighted by Crippen LogP contribution is 2.37. The molecule has 2 aromatic rings. The highest BCUT2D eigenvalue weighted by Gasteiger charge is 2.37. The van der Waals surface area contributed by atoms with Gasteiger partial charge in [0, 0.05) is 34.7 Å². The number of carbonyl (C=O) groups is 3. The number of nitrogens with two attached hydrogens (primary N) is 3. The van der Waals surface area contributed by atoms with Crippen molar-refractivity contribution in [3.8, 4) is 5.75 Å². The summed E-state index contributed by atoms with van der Waals surface area (Å²) in [5.74, 6) is -1.57. The van der Waals surface area contributed by atoms with Crippen LogP contribution in [0.2, 0.25) is 0 Å². The molecule has 0 aromatic heterocycles. The fraction of sp³-hybridized carbons (Fsp3) is 0.259. The van der Waals surface area contributed by atoms with Crippen molar-refractivity contribution in [3.63, 3.8) is 0 Å². The van der Waals surface area contributed by atoms with Crippen LogP contribution in [0.3, 0.4) is 0 Å². The van der Waals surface area contributed by atoms with Crippen LogP contribution in [-0.4, -0.2) is 41.0 Å². The van der Waals surface area contributed by atoms with E-state index in [0.29, 0.717) is 21.9 Å². The molecule has 0 saturated heterocycles. The zero-order valence-electron chi connectivity index (χ0n) is 21.9. The van der Waals surface area contributed by atoms with Crippen molar-refractivity contribution in [2.75, 3.05) is 13.2 Å². The summed E-state index contributed by atoms with van der Waals surface area (Å²) in [6.45, 7) is 0.963. The largest absolute Gasteiger partial charge is 0.483 e. The minimum absolute atomic E-state index is 0.0124. The third-order valence-corrected chi connectivity index (χ3v) is 7.84. The third kappa shape index (κ3) is 8.17. The second-order valence-electron chi connectivity index (χ2n) is 9.45. The van der Waals surface area contributed by atoms with Crippen LogP contribution in [0, 0.1) is 10.8 Å².